The number of nitrogens with zero attached hydrogens (tertiary/aromatic N) is 3. The minimum Gasteiger partial charge on any atom is -0.367 e. The normalized spacial score (nSPS) is 24.7. The summed E-state index contributed by atoms with van der Waals surface area (Å²) in [6, 6.07) is -0.110. The summed E-state index contributed by atoms with van der Waals surface area (Å²) in [5.74, 6) is 0.0506. The van der Waals surface area contributed by atoms with Gasteiger partial charge in [0, 0.05) is 26.6 Å². The molecular weight excluding hydrogens is 313 g/mol. The molecule has 2 saturated heterocycles. The van der Waals surface area contributed by atoms with Crippen LogP contribution in [0.1, 0.15) is 25.3 Å². The maximum absolute atomic E-state index is 13.2. The van der Waals surface area contributed by atoms with Gasteiger partial charge in [-0.3, -0.25) is 9.59 Å². The molecule has 2 aliphatic rings. The number of hydrogen-bond acceptors (Lipinski definition) is 4. The zero-order valence-corrected chi connectivity index (χ0v) is 12.6. The number of carbonyl (C=O) groups is 1. The molecule has 1 amide bonds. The topological polar surface area (TPSA) is 69.3 Å². The molecule has 126 valence electrons. The Bertz CT molecular complexity index is 673. The molecule has 3 heterocycles. The van der Waals surface area contributed by atoms with Crippen LogP contribution < -0.4 is 10.5 Å². The molecular formula is C14H17F3N4O2. The van der Waals surface area contributed by atoms with Crippen LogP contribution in [0.2, 0.25) is 0 Å². The largest absolute Gasteiger partial charge is 0.423 e. The smallest absolute Gasteiger partial charge is 0.367 e. The highest BCUT2D eigenvalue weighted by molar-refractivity contribution is 5.74. The van der Waals surface area contributed by atoms with Gasteiger partial charge in [0.15, 0.2) is 0 Å². The molecule has 0 aliphatic carbocycles. The summed E-state index contributed by atoms with van der Waals surface area (Å²) in [6.45, 7) is 2.78. The van der Waals surface area contributed by atoms with E-state index in [1.165, 1.54) is 11.8 Å². The lowest BCUT2D eigenvalue weighted by atomic mass is 9.92. The maximum Gasteiger partial charge on any atom is 0.423 e. The molecule has 6 nitrogen and oxygen atoms in total. The molecule has 2 fully saturated rings. The first-order valence-electron chi connectivity index (χ1n) is 7.46. The highest BCUT2D eigenvalue weighted by atomic mass is 19.4. The van der Waals surface area contributed by atoms with Gasteiger partial charge in [-0.25, -0.2) is 5.10 Å². The summed E-state index contributed by atoms with van der Waals surface area (Å²) < 4.78 is 39.6. The number of H-pyrrole nitrogens is 1. The van der Waals surface area contributed by atoms with Crippen LogP contribution in [-0.4, -0.2) is 46.7 Å². The molecule has 1 N–H and O–H groups in total. The number of halogens is 3. The van der Waals surface area contributed by atoms with Gasteiger partial charge in [-0.05, 0) is 18.8 Å². The van der Waals surface area contributed by atoms with Crippen molar-refractivity contribution in [1.82, 2.24) is 15.1 Å². The van der Waals surface area contributed by atoms with E-state index in [4.69, 9.17) is 0 Å². The molecule has 2 unspecified atom stereocenters. The van der Waals surface area contributed by atoms with Gasteiger partial charge in [0.2, 0.25) is 5.91 Å². The number of anilines is 1. The monoisotopic (exact) mass is 330 g/mol. The average Bonchev–Trinajstić information content (AvgIpc) is 2.88. The second-order valence-corrected chi connectivity index (χ2v) is 6.04. The standard InChI is InChI=1S/C14H17F3N4O2/c1-8(22)21-4-2-3-9-6-20(7-11(9)21)10-5-18-19-13(23)12(10)14(15,16)17/h5,9,11H,2-4,6-7H2,1H3,(H,19,23). The predicted octanol–water partition coefficient (Wildman–Crippen LogP) is 1.24. The van der Waals surface area contributed by atoms with Crippen LogP contribution in [0.15, 0.2) is 11.0 Å². The number of amides is 1. The summed E-state index contributed by atoms with van der Waals surface area (Å²) >= 11 is 0. The first kappa shape index (κ1) is 15.8. The SMILES string of the molecule is CC(=O)N1CCCC2CN(c3cn[nH]c(=O)c3C(F)(F)F)CC21. The van der Waals surface area contributed by atoms with E-state index in [1.54, 1.807) is 4.90 Å². The van der Waals surface area contributed by atoms with Crippen molar-refractivity contribution >= 4 is 11.6 Å². The van der Waals surface area contributed by atoms with Crippen LogP contribution in [0, 0.1) is 5.92 Å². The molecule has 3 rings (SSSR count). The lowest BCUT2D eigenvalue weighted by Crippen LogP contribution is -2.47. The van der Waals surface area contributed by atoms with Crippen LogP contribution in [0.4, 0.5) is 18.9 Å². The molecule has 1 aromatic heterocycles. The van der Waals surface area contributed by atoms with E-state index in [9.17, 15) is 22.8 Å². The fourth-order valence-electron chi connectivity index (χ4n) is 3.67. The lowest BCUT2D eigenvalue weighted by molar-refractivity contribution is -0.138. The first-order chi connectivity index (χ1) is 10.8. The van der Waals surface area contributed by atoms with Crippen molar-refractivity contribution in [3.63, 3.8) is 0 Å². The Kier molecular flexibility index (Phi) is 3.81. The summed E-state index contributed by atoms with van der Waals surface area (Å²) in [6.07, 6.45) is -2.00. The first-order valence-corrected chi connectivity index (χ1v) is 7.46. The summed E-state index contributed by atoms with van der Waals surface area (Å²) in [4.78, 5) is 26.6. The Labute approximate surface area is 130 Å². The maximum atomic E-state index is 13.2. The van der Waals surface area contributed by atoms with Crippen LogP contribution >= 0.6 is 0 Å². The van der Waals surface area contributed by atoms with Gasteiger partial charge in [-0.2, -0.15) is 18.3 Å². The van der Waals surface area contributed by atoms with Crippen molar-refractivity contribution in [3.8, 4) is 0 Å². The van der Waals surface area contributed by atoms with Crippen LogP contribution in [-0.2, 0) is 11.0 Å². The molecule has 2 aliphatic heterocycles. The number of alkyl halides is 3. The van der Waals surface area contributed by atoms with Gasteiger partial charge in [-0.1, -0.05) is 0 Å². The van der Waals surface area contributed by atoms with E-state index in [0.717, 1.165) is 19.0 Å². The average molecular weight is 330 g/mol. The van der Waals surface area contributed by atoms with Crippen molar-refractivity contribution in [1.29, 1.82) is 0 Å². The molecule has 2 atom stereocenters. The van der Waals surface area contributed by atoms with E-state index >= 15 is 0 Å². The fourth-order valence-corrected chi connectivity index (χ4v) is 3.67. The number of nitrogens with one attached hydrogen (secondary N) is 1. The lowest BCUT2D eigenvalue weighted by Gasteiger charge is -2.36. The van der Waals surface area contributed by atoms with E-state index < -0.39 is 17.3 Å². The van der Waals surface area contributed by atoms with Gasteiger partial charge in [-0.15, -0.1) is 0 Å². The zero-order valence-electron chi connectivity index (χ0n) is 12.6. The number of fused-ring (bicyclic) bond motifs is 1. The van der Waals surface area contributed by atoms with Gasteiger partial charge in [0.25, 0.3) is 5.56 Å². The van der Waals surface area contributed by atoms with Crippen LogP contribution in [0.25, 0.3) is 0 Å². The molecule has 23 heavy (non-hydrogen) atoms. The third-order valence-electron chi connectivity index (χ3n) is 4.65. The summed E-state index contributed by atoms with van der Waals surface area (Å²) in [5, 5.41) is 5.36. The molecule has 0 aromatic carbocycles. The highest BCUT2D eigenvalue weighted by Crippen LogP contribution is 2.38. The Morgan fingerprint density at radius 3 is 2.78 bits per heavy atom. The van der Waals surface area contributed by atoms with Crippen molar-refractivity contribution in [2.75, 3.05) is 24.5 Å². The molecule has 9 heteroatoms. The minimum atomic E-state index is -4.75. The van der Waals surface area contributed by atoms with E-state index in [-0.39, 0.29) is 23.6 Å². The molecule has 0 saturated carbocycles. The fraction of sp³-hybridized carbons (Fsp3) is 0.643. The van der Waals surface area contributed by atoms with E-state index in [1.807, 2.05) is 5.10 Å². The Morgan fingerprint density at radius 1 is 1.39 bits per heavy atom. The molecule has 1 aromatic rings. The number of hydrogen-bond donors (Lipinski definition) is 1. The quantitative estimate of drug-likeness (QED) is 0.841. The highest BCUT2D eigenvalue weighted by Gasteiger charge is 2.44. The Hall–Kier alpha value is -2.06. The van der Waals surface area contributed by atoms with Gasteiger partial charge in [0.05, 0.1) is 17.9 Å². The van der Waals surface area contributed by atoms with Crippen molar-refractivity contribution in [2.24, 2.45) is 5.92 Å². The Balaban J connectivity index is 1.95. The number of aromatic amines is 1. The third kappa shape index (κ3) is 2.79. The van der Waals surface area contributed by atoms with Crippen molar-refractivity contribution < 1.29 is 18.0 Å². The van der Waals surface area contributed by atoms with Crippen molar-refractivity contribution in [2.45, 2.75) is 32.0 Å². The van der Waals surface area contributed by atoms with E-state index in [0.29, 0.717) is 19.6 Å². The summed E-state index contributed by atoms with van der Waals surface area (Å²) in [7, 11) is 0. The second kappa shape index (κ2) is 5.54. The second-order valence-electron chi connectivity index (χ2n) is 6.04. The number of rotatable bonds is 1. The zero-order chi connectivity index (χ0) is 16.8. The molecule has 0 radical (unpaired) electrons. The molecule has 0 bridgehead atoms. The van der Waals surface area contributed by atoms with Gasteiger partial charge < -0.3 is 9.80 Å². The van der Waals surface area contributed by atoms with Gasteiger partial charge >= 0.3 is 6.18 Å². The number of carbonyl (C=O) groups excluding carboxylic acids is 1. The van der Waals surface area contributed by atoms with Crippen LogP contribution in [0.3, 0.4) is 0 Å². The van der Waals surface area contributed by atoms with Crippen molar-refractivity contribution in [3.05, 3.63) is 22.1 Å². The number of piperidine rings is 1. The minimum absolute atomic E-state index is 0.0679. The third-order valence-corrected chi connectivity index (χ3v) is 4.65. The predicted molar refractivity (Wildman–Crippen MR) is 76.0 cm³/mol. The number of aromatic nitrogens is 2. The van der Waals surface area contributed by atoms with Gasteiger partial charge in [0.1, 0.15) is 5.56 Å². The Morgan fingerprint density at radius 2 is 2.13 bits per heavy atom. The van der Waals surface area contributed by atoms with E-state index in [2.05, 4.69) is 5.10 Å². The number of likely N-dealkylation sites (tertiary alicyclic amines) is 1. The summed E-state index contributed by atoms with van der Waals surface area (Å²) in [5.41, 5.74) is -2.67. The molecule has 0 spiro atoms. The van der Waals surface area contributed by atoms with Crippen LogP contribution in [0.5, 0.6) is 0 Å².